The van der Waals surface area contributed by atoms with Crippen LogP contribution < -0.4 is 0 Å². The van der Waals surface area contributed by atoms with Crippen molar-refractivity contribution in [2.75, 3.05) is 13.7 Å². The normalized spacial score (nSPS) is 27.1. The number of methoxy groups -OCH3 is 1. The molecule has 1 aliphatic rings. The number of carbonyl (C=O) groups is 2. The van der Waals surface area contributed by atoms with Crippen molar-refractivity contribution >= 4 is 11.8 Å². The molecular weight excluding hydrogens is 184 g/mol. The summed E-state index contributed by atoms with van der Waals surface area (Å²) >= 11 is 0. The quantitative estimate of drug-likeness (QED) is 0.383. The van der Waals surface area contributed by atoms with E-state index in [4.69, 9.17) is 4.74 Å². The first kappa shape index (κ1) is 10.9. The molecule has 1 heterocycles. The molecule has 1 saturated heterocycles. The maximum absolute atomic E-state index is 11.6. The summed E-state index contributed by atoms with van der Waals surface area (Å²) in [6.45, 7) is 3.92. The van der Waals surface area contributed by atoms with E-state index in [1.807, 2.05) is 0 Å². The van der Waals surface area contributed by atoms with Crippen LogP contribution in [-0.4, -0.2) is 31.1 Å². The molecule has 0 spiro atoms. The fourth-order valence-corrected chi connectivity index (χ4v) is 1.56. The van der Waals surface area contributed by atoms with Crippen molar-refractivity contribution in [3.63, 3.8) is 0 Å². The molecule has 1 aliphatic heterocycles. The van der Waals surface area contributed by atoms with Gasteiger partial charge >= 0.3 is 5.97 Å². The van der Waals surface area contributed by atoms with Crippen molar-refractivity contribution in [2.24, 2.45) is 0 Å². The second kappa shape index (κ2) is 4.37. The molecule has 14 heavy (non-hydrogen) atoms. The summed E-state index contributed by atoms with van der Waals surface area (Å²) in [7, 11) is 1.25. The molecule has 1 fully saturated rings. The Hall–Kier alpha value is -1.16. The second-order valence-electron chi connectivity index (χ2n) is 3.19. The van der Waals surface area contributed by atoms with Crippen molar-refractivity contribution in [1.29, 1.82) is 0 Å². The highest BCUT2D eigenvalue weighted by atomic mass is 16.6. The summed E-state index contributed by atoms with van der Waals surface area (Å²) in [5.74, 6) is -0.836. The fraction of sp³-hybridized carbons (Fsp3) is 0.600. The molecule has 4 heteroatoms. The highest BCUT2D eigenvalue weighted by molar-refractivity contribution is 6.07. The predicted octanol–water partition coefficient (Wildman–Crippen LogP) is 0.854. The minimum Gasteiger partial charge on any atom is -0.467 e. The SMILES string of the molecule is C=CCC1(C(=O)OC)OCCCC1=O. The Morgan fingerprint density at radius 1 is 1.79 bits per heavy atom. The minimum absolute atomic E-state index is 0.179. The lowest BCUT2D eigenvalue weighted by Gasteiger charge is -2.31. The molecule has 1 unspecified atom stereocenters. The molecule has 0 aromatic heterocycles. The third kappa shape index (κ3) is 1.70. The van der Waals surface area contributed by atoms with E-state index in [9.17, 15) is 9.59 Å². The van der Waals surface area contributed by atoms with E-state index in [0.29, 0.717) is 19.4 Å². The van der Waals surface area contributed by atoms with Crippen LogP contribution in [0.1, 0.15) is 19.3 Å². The monoisotopic (exact) mass is 198 g/mol. The van der Waals surface area contributed by atoms with Crippen LogP contribution in [0.3, 0.4) is 0 Å². The van der Waals surface area contributed by atoms with Gasteiger partial charge in [-0.3, -0.25) is 4.79 Å². The van der Waals surface area contributed by atoms with E-state index in [-0.39, 0.29) is 12.2 Å². The van der Waals surface area contributed by atoms with Crippen molar-refractivity contribution in [1.82, 2.24) is 0 Å². The standard InChI is InChI=1S/C10H14O4/c1-3-6-10(9(12)13-2)8(11)5-4-7-14-10/h3H,1,4-7H2,2H3. The Morgan fingerprint density at radius 2 is 2.50 bits per heavy atom. The van der Waals surface area contributed by atoms with Crippen LogP contribution in [-0.2, 0) is 19.1 Å². The number of rotatable bonds is 3. The maximum Gasteiger partial charge on any atom is 0.346 e. The van der Waals surface area contributed by atoms with Crippen molar-refractivity contribution in [3.8, 4) is 0 Å². The van der Waals surface area contributed by atoms with Gasteiger partial charge in [0.05, 0.1) is 7.11 Å². The molecule has 4 nitrogen and oxygen atoms in total. The van der Waals surface area contributed by atoms with Gasteiger partial charge in [0.2, 0.25) is 5.60 Å². The Labute approximate surface area is 82.9 Å². The average Bonchev–Trinajstić information content (AvgIpc) is 2.20. The first-order valence-corrected chi connectivity index (χ1v) is 4.54. The lowest BCUT2D eigenvalue weighted by Crippen LogP contribution is -2.52. The zero-order chi connectivity index (χ0) is 10.6. The van der Waals surface area contributed by atoms with E-state index in [1.54, 1.807) is 0 Å². The zero-order valence-corrected chi connectivity index (χ0v) is 8.25. The molecule has 0 saturated carbocycles. The Bertz CT molecular complexity index is 249. The van der Waals surface area contributed by atoms with Crippen LogP contribution in [0, 0.1) is 0 Å². The number of carbonyl (C=O) groups excluding carboxylic acids is 2. The van der Waals surface area contributed by atoms with Crippen molar-refractivity contribution in [3.05, 3.63) is 12.7 Å². The summed E-state index contributed by atoms with van der Waals surface area (Å²) < 4.78 is 9.86. The first-order chi connectivity index (χ1) is 6.67. The zero-order valence-electron chi connectivity index (χ0n) is 8.25. The van der Waals surface area contributed by atoms with E-state index < -0.39 is 11.6 Å². The molecule has 1 rings (SSSR count). The predicted molar refractivity (Wildman–Crippen MR) is 49.8 cm³/mol. The fourth-order valence-electron chi connectivity index (χ4n) is 1.56. The average molecular weight is 198 g/mol. The largest absolute Gasteiger partial charge is 0.467 e. The van der Waals surface area contributed by atoms with Gasteiger partial charge in [-0.05, 0) is 6.42 Å². The van der Waals surface area contributed by atoms with Gasteiger partial charge in [-0.15, -0.1) is 6.58 Å². The van der Waals surface area contributed by atoms with Gasteiger partial charge in [0.25, 0.3) is 0 Å². The van der Waals surface area contributed by atoms with Crippen LogP contribution in [0.2, 0.25) is 0 Å². The van der Waals surface area contributed by atoms with Crippen molar-refractivity contribution < 1.29 is 19.1 Å². The molecular formula is C10H14O4. The minimum atomic E-state index is -1.42. The Kier molecular flexibility index (Phi) is 3.41. The lowest BCUT2D eigenvalue weighted by atomic mass is 9.89. The van der Waals surface area contributed by atoms with Gasteiger partial charge in [-0.25, -0.2) is 4.79 Å². The van der Waals surface area contributed by atoms with Crippen LogP contribution in [0.5, 0.6) is 0 Å². The topological polar surface area (TPSA) is 52.6 Å². The highest BCUT2D eigenvalue weighted by Crippen LogP contribution is 2.26. The van der Waals surface area contributed by atoms with Gasteiger partial charge in [-0.2, -0.15) is 0 Å². The Balaban J connectivity index is 2.93. The van der Waals surface area contributed by atoms with Crippen molar-refractivity contribution in [2.45, 2.75) is 24.9 Å². The first-order valence-electron chi connectivity index (χ1n) is 4.54. The Morgan fingerprint density at radius 3 is 3.00 bits per heavy atom. The lowest BCUT2D eigenvalue weighted by molar-refractivity contribution is -0.179. The summed E-state index contributed by atoms with van der Waals surface area (Å²) in [6.07, 6.45) is 2.70. The van der Waals surface area contributed by atoms with E-state index in [2.05, 4.69) is 11.3 Å². The number of hydrogen-bond acceptors (Lipinski definition) is 4. The molecule has 0 amide bonds. The van der Waals surface area contributed by atoms with Crippen LogP contribution in [0.25, 0.3) is 0 Å². The summed E-state index contributed by atoms with van der Waals surface area (Å²) in [6, 6.07) is 0. The summed E-state index contributed by atoms with van der Waals surface area (Å²) in [5.41, 5.74) is -1.42. The van der Waals surface area contributed by atoms with Crippen LogP contribution in [0.15, 0.2) is 12.7 Å². The molecule has 1 atom stereocenters. The molecule has 0 bridgehead atoms. The van der Waals surface area contributed by atoms with Gasteiger partial charge in [0.1, 0.15) is 0 Å². The third-order valence-corrected chi connectivity index (χ3v) is 2.29. The summed E-state index contributed by atoms with van der Waals surface area (Å²) in [4.78, 5) is 23.1. The van der Waals surface area contributed by atoms with Gasteiger partial charge in [0, 0.05) is 19.4 Å². The number of Topliss-reactive ketones (excluding diaryl/α,β-unsaturated/α-hetero) is 1. The number of hydrogen-bond donors (Lipinski definition) is 0. The van der Waals surface area contributed by atoms with E-state index in [1.165, 1.54) is 13.2 Å². The van der Waals surface area contributed by atoms with E-state index in [0.717, 1.165) is 0 Å². The third-order valence-electron chi connectivity index (χ3n) is 2.29. The van der Waals surface area contributed by atoms with Gasteiger partial charge in [0.15, 0.2) is 5.78 Å². The van der Waals surface area contributed by atoms with E-state index >= 15 is 0 Å². The molecule has 0 aromatic carbocycles. The van der Waals surface area contributed by atoms with Crippen LogP contribution >= 0.6 is 0 Å². The molecule has 78 valence electrons. The summed E-state index contributed by atoms with van der Waals surface area (Å²) in [5, 5.41) is 0. The number of ether oxygens (including phenoxy) is 2. The second-order valence-corrected chi connectivity index (χ2v) is 3.19. The molecule has 0 aliphatic carbocycles. The molecule has 0 radical (unpaired) electrons. The number of ketones is 1. The smallest absolute Gasteiger partial charge is 0.346 e. The molecule has 0 N–H and O–H groups in total. The van der Waals surface area contributed by atoms with Crippen LogP contribution in [0.4, 0.5) is 0 Å². The van der Waals surface area contributed by atoms with Gasteiger partial charge in [-0.1, -0.05) is 6.08 Å². The maximum atomic E-state index is 11.6. The highest BCUT2D eigenvalue weighted by Gasteiger charge is 2.48. The van der Waals surface area contributed by atoms with Gasteiger partial charge < -0.3 is 9.47 Å². The molecule has 0 aromatic rings. The number of esters is 1.